The highest BCUT2D eigenvalue weighted by Gasteiger charge is 2.19. The molecule has 1 saturated carbocycles. The van der Waals surface area contributed by atoms with Crippen molar-refractivity contribution in [1.82, 2.24) is 4.98 Å². The van der Waals surface area contributed by atoms with E-state index in [1.54, 1.807) is 25.3 Å². The minimum absolute atomic E-state index is 0.194. The van der Waals surface area contributed by atoms with Crippen LogP contribution >= 0.6 is 22.9 Å². The minimum Gasteiger partial charge on any atom is -0.493 e. The number of aryl methyl sites for hydroxylation is 2. The van der Waals surface area contributed by atoms with Crippen LogP contribution in [0.5, 0.6) is 11.5 Å². The largest absolute Gasteiger partial charge is 0.493 e. The predicted molar refractivity (Wildman–Crippen MR) is 131 cm³/mol. The Morgan fingerprint density at radius 1 is 1.09 bits per heavy atom. The number of carbonyl (C=O) groups excluding carboxylic acids is 1. The lowest BCUT2D eigenvalue weighted by molar-refractivity contribution is 0.201. The summed E-state index contributed by atoms with van der Waals surface area (Å²) < 4.78 is 11.5. The third kappa shape index (κ3) is 5.16. The van der Waals surface area contributed by atoms with Crippen molar-refractivity contribution in [2.24, 2.45) is 0 Å². The standard InChI is InChI=1S/C24H26ClN3O3S/c1-14-8-9-16(12-19(14)25)22-15(2)32-24(27-22)28-23(29)26-17-10-11-20(30-3)21(13-17)31-18-6-4-5-7-18/h8-13,18H,4-7H2,1-3H3,(H2,26,27,28,29). The third-order valence-corrected chi connectivity index (χ3v) is 6.77. The van der Waals surface area contributed by atoms with Crippen LogP contribution in [-0.4, -0.2) is 24.2 Å². The van der Waals surface area contributed by atoms with E-state index in [9.17, 15) is 4.79 Å². The maximum Gasteiger partial charge on any atom is 0.325 e. The van der Waals surface area contributed by atoms with Gasteiger partial charge in [0.1, 0.15) is 0 Å². The Balaban J connectivity index is 1.45. The molecule has 0 spiro atoms. The quantitative estimate of drug-likeness (QED) is 0.403. The molecule has 0 bridgehead atoms. The lowest BCUT2D eigenvalue weighted by atomic mass is 10.1. The van der Waals surface area contributed by atoms with E-state index < -0.39 is 0 Å². The van der Waals surface area contributed by atoms with E-state index in [0.29, 0.717) is 27.3 Å². The molecule has 2 N–H and O–H groups in total. The third-order valence-electron chi connectivity index (χ3n) is 5.48. The van der Waals surface area contributed by atoms with Crippen molar-refractivity contribution in [3.8, 4) is 22.8 Å². The zero-order valence-electron chi connectivity index (χ0n) is 18.3. The number of halogens is 1. The molecule has 2 amide bonds. The number of nitrogens with zero attached hydrogens (tertiary/aromatic N) is 1. The number of nitrogens with one attached hydrogen (secondary N) is 2. The fourth-order valence-electron chi connectivity index (χ4n) is 3.75. The molecule has 8 heteroatoms. The van der Waals surface area contributed by atoms with Crippen LogP contribution in [0.25, 0.3) is 11.3 Å². The minimum atomic E-state index is -0.371. The number of hydrogen-bond acceptors (Lipinski definition) is 5. The summed E-state index contributed by atoms with van der Waals surface area (Å²) in [7, 11) is 1.61. The van der Waals surface area contributed by atoms with Crippen LogP contribution in [0.4, 0.5) is 15.6 Å². The maximum absolute atomic E-state index is 12.6. The average Bonchev–Trinajstić information content (AvgIpc) is 3.40. The number of aromatic nitrogens is 1. The van der Waals surface area contributed by atoms with Crippen molar-refractivity contribution in [2.45, 2.75) is 45.6 Å². The van der Waals surface area contributed by atoms with Gasteiger partial charge in [0.05, 0.1) is 18.9 Å². The number of carbonyl (C=O) groups is 1. The summed E-state index contributed by atoms with van der Waals surface area (Å²) in [4.78, 5) is 18.2. The zero-order valence-corrected chi connectivity index (χ0v) is 19.9. The van der Waals surface area contributed by atoms with Crippen LogP contribution in [0, 0.1) is 13.8 Å². The molecule has 168 valence electrons. The number of anilines is 2. The summed E-state index contributed by atoms with van der Waals surface area (Å²) in [5, 5.41) is 6.88. The second-order valence-corrected chi connectivity index (χ2v) is 9.47. The lowest BCUT2D eigenvalue weighted by Gasteiger charge is -2.17. The molecule has 1 heterocycles. The molecular formula is C24H26ClN3O3S. The van der Waals surface area contributed by atoms with Gasteiger partial charge in [-0.1, -0.05) is 23.7 Å². The van der Waals surface area contributed by atoms with Gasteiger partial charge in [0.2, 0.25) is 0 Å². The number of ether oxygens (including phenoxy) is 2. The molecular weight excluding hydrogens is 446 g/mol. The first kappa shape index (κ1) is 22.4. The van der Waals surface area contributed by atoms with E-state index in [1.165, 1.54) is 24.2 Å². The highest BCUT2D eigenvalue weighted by atomic mass is 35.5. The molecule has 1 aromatic heterocycles. The van der Waals surface area contributed by atoms with Gasteiger partial charge >= 0.3 is 6.03 Å². The molecule has 2 aromatic carbocycles. The van der Waals surface area contributed by atoms with Crippen LogP contribution in [-0.2, 0) is 0 Å². The normalized spacial score (nSPS) is 13.8. The number of hydrogen-bond donors (Lipinski definition) is 2. The summed E-state index contributed by atoms with van der Waals surface area (Å²) in [5.41, 5.74) is 3.36. The van der Waals surface area contributed by atoms with Crippen LogP contribution < -0.4 is 20.1 Å². The van der Waals surface area contributed by atoms with Crippen LogP contribution in [0.1, 0.15) is 36.1 Å². The Kier molecular flexibility index (Phi) is 6.86. The van der Waals surface area contributed by atoms with Crippen molar-refractivity contribution < 1.29 is 14.3 Å². The topological polar surface area (TPSA) is 72.5 Å². The first-order valence-electron chi connectivity index (χ1n) is 10.6. The Labute approximate surface area is 196 Å². The number of urea groups is 1. The molecule has 0 unspecified atom stereocenters. The molecule has 0 atom stereocenters. The molecule has 6 nitrogen and oxygen atoms in total. The fraction of sp³-hybridized carbons (Fsp3) is 0.333. The van der Waals surface area contributed by atoms with Gasteiger partial charge in [0, 0.05) is 27.2 Å². The average molecular weight is 472 g/mol. The zero-order chi connectivity index (χ0) is 22.7. The Morgan fingerprint density at radius 3 is 2.59 bits per heavy atom. The van der Waals surface area contributed by atoms with Crippen molar-refractivity contribution in [3.05, 3.63) is 51.9 Å². The first-order chi connectivity index (χ1) is 15.4. The lowest BCUT2D eigenvalue weighted by Crippen LogP contribution is -2.19. The van der Waals surface area contributed by atoms with E-state index in [-0.39, 0.29) is 12.1 Å². The molecule has 3 aromatic rings. The molecule has 4 rings (SSSR count). The Bertz CT molecular complexity index is 1130. The molecule has 0 aliphatic heterocycles. The molecule has 1 aliphatic carbocycles. The molecule has 0 saturated heterocycles. The van der Waals surface area contributed by atoms with Gasteiger partial charge in [-0.05, 0) is 63.3 Å². The van der Waals surface area contributed by atoms with Gasteiger partial charge in [-0.15, -0.1) is 11.3 Å². The molecule has 1 aliphatic rings. The van der Waals surface area contributed by atoms with E-state index in [0.717, 1.165) is 34.5 Å². The summed E-state index contributed by atoms with van der Waals surface area (Å²) in [6.07, 6.45) is 4.63. The molecule has 0 radical (unpaired) electrons. The van der Waals surface area contributed by atoms with Gasteiger partial charge in [-0.3, -0.25) is 5.32 Å². The Hall–Kier alpha value is -2.77. The maximum atomic E-state index is 12.6. The Morgan fingerprint density at radius 2 is 1.88 bits per heavy atom. The fourth-order valence-corrected chi connectivity index (χ4v) is 4.76. The van der Waals surface area contributed by atoms with E-state index in [2.05, 4.69) is 15.6 Å². The van der Waals surface area contributed by atoms with E-state index in [4.69, 9.17) is 21.1 Å². The number of amides is 2. The summed E-state index contributed by atoms with van der Waals surface area (Å²) in [6, 6.07) is 10.8. The van der Waals surface area contributed by atoms with Crippen molar-refractivity contribution in [3.63, 3.8) is 0 Å². The molecule has 1 fully saturated rings. The van der Waals surface area contributed by atoms with Gasteiger partial charge < -0.3 is 14.8 Å². The number of methoxy groups -OCH3 is 1. The highest BCUT2D eigenvalue weighted by Crippen LogP contribution is 2.35. The van der Waals surface area contributed by atoms with E-state index in [1.807, 2.05) is 32.0 Å². The summed E-state index contributed by atoms with van der Waals surface area (Å²) in [6.45, 7) is 3.93. The van der Waals surface area contributed by atoms with Crippen molar-refractivity contribution in [1.29, 1.82) is 0 Å². The molecule has 32 heavy (non-hydrogen) atoms. The summed E-state index contributed by atoms with van der Waals surface area (Å²) in [5.74, 6) is 1.29. The van der Waals surface area contributed by atoms with Crippen molar-refractivity contribution >= 4 is 39.8 Å². The second kappa shape index (κ2) is 9.79. The predicted octanol–water partition coefficient (Wildman–Crippen LogP) is 7.05. The second-order valence-electron chi connectivity index (χ2n) is 7.86. The van der Waals surface area contributed by atoms with Gasteiger partial charge in [0.15, 0.2) is 16.6 Å². The number of rotatable bonds is 6. The number of thiazole rings is 1. The smallest absolute Gasteiger partial charge is 0.325 e. The monoisotopic (exact) mass is 471 g/mol. The highest BCUT2D eigenvalue weighted by molar-refractivity contribution is 7.16. The SMILES string of the molecule is COc1ccc(NC(=O)Nc2nc(-c3ccc(C)c(Cl)c3)c(C)s2)cc1OC1CCCC1. The summed E-state index contributed by atoms with van der Waals surface area (Å²) >= 11 is 7.68. The van der Waals surface area contributed by atoms with Crippen molar-refractivity contribution in [2.75, 3.05) is 17.7 Å². The van der Waals surface area contributed by atoms with Gasteiger partial charge in [-0.25, -0.2) is 9.78 Å². The van der Waals surface area contributed by atoms with Crippen LogP contribution in [0.2, 0.25) is 5.02 Å². The number of benzene rings is 2. The van der Waals surface area contributed by atoms with Gasteiger partial charge in [0.25, 0.3) is 0 Å². The van der Waals surface area contributed by atoms with E-state index >= 15 is 0 Å². The first-order valence-corrected chi connectivity index (χ1v) is 11.8. The van der Waals surface area contributed by atoms with Crippen LogP contribution in [0.15, 0.2) is 36.4 Å². The van der Waals surface area contributed by atoms with Crippen LogP contribution in [0.3, 0.4) is 0 Å². The van der Waals surface area contributed by atoms with Gasteiger partial charge in [-0.2, -0.15) is 0 Å².